The molecule has 0 bridgehead atoms. The van der Waals surface area contributed by atoms with Crippen LogP contribution in [-0.2, 0) is 16.5 Å². The molecule has 0 N–H and O–H groups in total. The van der Waals surface area contributed by atoms with Crippen LogP contribution >= 0.6 is 0 Å². The summed E-state index contributed by atoms with van der Waals surface area (Å²) in [5, 5.41) is 0. The number of rotatable bonds is 2. The molecule has 3 nitrogen and oxygen atoms in total. The average molecular weight is 306 g/mol. The van der Waals surface area contributed by atoms with Gasteiger partial charge in [-0.3, -0.25) is 4.79 Å². The van der Waals surface area contributed by atoms with Gasteiger partial charge in [-0.1, -0.05) is 13.8 Å². The topological polar surface area (TPSA) is 43.4 Å². The van der Waals surface area contributed by atoms with Crippen molar-refractivity contribution in [2.45, 2.75) is 37.6 Å². The lowest BCUT2D eigenvalue weighted by molar-refractivity contribution is -0.0437. The first-order valence-corrected chi connectivity index (χ1v) is 7.03. The monoisotopic (exact) mass is 306 g/mol. The highest BCUT2D eigenvalue weighted by molar-refractivity contribution is 7.81. The molecule has 1 aromatic carbocycles. The van der Waals surface area contributed by atoms with E-state index in [9.17, 15) is 22.2 Å². The highest BCUT2D eigenvalue weighted by Crippen LogP contribution is 2.38. The van der Waals surface area contributed by atoms with Crippen LogP contribution in [0.1, 0.15) is 42.6 Å². The Morgan fingerprint density at radius 1 is 1.30 bits per heavy atom. The molecule has 1 aliphatic carbocycles. The van der Waals surface area contributed by atoms with E-state index in [0.717, 1.165) is 0 Å². The van der Waals surface area contributed by atoms with E-state index in [2.05, 4.69) is 4.18 Å². The fraction of sp³-hybridized carbons (Fsp3) is 0.462. The summed E-state index contributed by atoms with van der Waals surface area (Å²) in [4.78, 5) is 11.8. The number of Topliss-reactive ketones (excluding diaryl/α,β-unsaturated/α-hetero) is 1. The van der Waals surface area contributed by atoms with Crippen LogP contribution in [0.15, 0.2) is 18.2 Å². The van der Waals surface area contributed by atoms with Gasteiger partial charge < -0.3 is 4.18 Å². The minimum absolute atomic E-state index is 0.0391. The molecule has 2 rings (SSSR count). The van der Waals surface area contributed by atoms with Crippen molar-refractivity contribution in [1.82, 2.24) is 0 Å². The number of halogens is 3. The molecule has 1 aromatic rings. The van der Waals surface area contributed by atoms with Crippen molar-refractivity contribution in [2.24, 2.45) is 0 Å². The van der Waals surface area contributed by atoms with Crippen LogP contribution < -0.4 is 4.18 Å². The van der Waals surface area contributed by atoms with Crippen molar-refractivity contribution in [2.75, 3.05) is 0 Å². The molecule has 110 valence electrons. The van der Waals surface area contributed by atoms with Crippen LogP contribution in [0.25, 0.3) is 0 Å². The summed E-state index contributed by atoms with van der Waals surface area (Å²) in [7, 11) is 0. The maximum Gasteiger partial charge on any atom is 0.508 e. The molecule has 0 fully saturated rings. The molecular weight excluding hydrogens is 293 g/mol. The summed E-state index contributed by atoms with van der Waals surface area (Å²) >= 11 is -3.41. The van der Waals surface area contributed by atoms with Crippen molar-refractivity contribution in [1.29, 1.82) is 0 Å². The zero-order valence-corrected chi connectivity index (χ0v) is 11.7. The Morgan fingerprint density at radius 3 is 2.55 bits per heavy atom. The standard InChI is InChI=1S/C13H13F3O3S/c1-12(2)6-5-11(17)9-4-3-8(7-10(9)12)19-20(18)13(14,15)16/h3-4,7H,5-6H2,1-2H3. The minimum Gasteiger partial charge on any atom is -0.394 e. The Kier molecular flexibility index (Phi) is 3.66. The molecule has 1 aliphatic rings. The van der Waals surface area contributed by atoms with Gasteiger partial charge in [0.15, 0.2) is 5.78 Å². The molecule has 0 radical (unpaired) electrons. The van der Waals surface area contributed by atoms with Crippen LogP contribution in [0.5, 0.6) is 5.75 Å². The molecule has 1 atom stereocenters. The van der Waals surface area contributed by atoms with Crippen molar-refractivity contribution in [3.8, 4) is 5.75 Å². The van der Waals surface area contributed by atoms with E-state index >= 15 is 0 Å². The smallest absolute Gasteiger partial charge is 0.394 e. The minimum atomic E-state index is -4.93. The lowest BCUT2D eigenvalue weighted by Gasteiger charge is -2.31. The Balaban J connectivity index is 2.36. The largest absolute Gasteiger partial charge is 0.508 e. The first kappa shape index (κ1) is 15.0. The van der Waals surface area contributed by atoms with Crippen LogP contribution in [0.4, 0.5) is 13.2 Å². The van der Waals surface area contributed by atoms with Crippen molar-refractivity contribution in [3.63, 3.8) is 0 Å². The summed E-state index contributed by atoms with van der Waals surface area (Å²) in [5.41, 5.74) is -4.14. The number of ketones is 1. The van der Waals surface area contributed by atoms with Gasteiger partial charge in [0.05, 0.1) is 0 Å². The van der Waals surface area contributed by atoms with Crippen LogP contribution in [-0.4, -0.2) is 15.5 Å². The molecule has 0 amide bonds. The molecule has 7 heteroatoms. The van der Waals surface area contributed by atoms with E-state index in [1.54, 1.807) is 0 Å². The summed E-state index contributed by atoms with van der Waals surface area (Å²) in [6.45, 7) is 3.81. The van der Waals surface area contributed by atoms with Crippen molar-refractivity contribution in [3.05, 3.63) is 29.3 Å². The van der Waals surface area contributed by atoms with Crippen LogP contribution in [0, 0.1) is 0 Å². The Morgan fingerprint density at radius 2 is 1.95 bits per heavy atom. The highest BCUT2D eigenvalue weighted by Gasteiger charge is 2.40. The van der Waals surface area contributed by atoms with Crippen LogP contribution in [0.3, 0.4) is 0 Å². The molecule has 0 saturated heterocycles. The molecule has 0 heterocycles. The maximum absolute atomic E-state index is 12.2. The summed E-state index contributed by atoms with van der Waals surface area (Å²) in [6.07, 6.45) is 1.03. The van der Waals surface area contributed by atoms with E-state index in [1.165, 1.54) is 18.2 Å². The van der Waals surface area contributed by atoms with Gasteiger partial charge in [-0.25, -0.2) is 4.21 Å². The third-order valence-electron chi connectivity index (χ3n) is 3.36. The van der Waals surface area contributed by atoms with Crippen LogP contribution in [0.2, 0.25) is 0 Å². The number of fused-ring (bicyclic) bond motifs is 1. The van der Waals surface area contributed by atoms with Gasteiger partial charge in [-0.15, -0.1) is 0 Å². The fourth-order valence-electron chi connectivity index (χ4n) is 2.21. The second kappa shape index (κ2) is 4.87. The number of carbonyl (C=O) groups excluding carboxylic acids is 1. The number of carbonyl (C=O) groups is 1. The molecule has 0 aliphatic heterocycles. The second-order valence-corrected chi connectivity index (χ2v) is 6.38. The van der Waals surface area contributed by atoms with E-state index in [0.29, 0.717) is 24.0 Å². The zero-order valence-electron chi connectivity index (χ0n) is 10.9. The van der Waals surface area contributed by atoms with Gasteiger partial charge in [0, 0.05) is 12.0 Å². The predicted octanol–water partition coefficient (Wildman–Crippen LogP) is 3.50. The Hall–Kier alpha value is -1.37. The zero-order chi connectivity index (χ0) is 15.1. The van der Waals surface area contributed by atoms with Gasteiger partial charge in [0.2, 0.25) is 0 Å². The van der Waals surface area contributed by atoms with E-state index < -0.39 is 16.6 Å². The van der Waals surface area contributed by atoms with Gasteiger partial charge in [0.1, 0.15) is 5.75 Å². The van der Waals surface area contributed by atoms with Gasteiger partial charge in [-0.2, -0.15) is 13.2 Å². The number of benzene rings is 1. The molecule has 0 saturated carbocycles. The van der Waals surface area contributed by atoms with Gasteiger partial charge >= 0.3 is 16.6 Å². The number of alkyl halides is 3. The SMILES string of the molecule is CC1(C)CCC(=O)c2ccc(OS(=O)C(F)(F)F)cc21. The molecule has 1 unspecified atom stereocenters. The predicted molar refractivity (Wildman–Crippen MR) is 67.9 cm³/mol. The first-order valence-electron chi connectivity index (χ1n) is 5.96. The summed E-state index contributed by atoms with van der Waals surface area (Å²) < 4.78 is 52.0. The average Bonchev–Trinajstić information content (AvgIpc) is 2.33. The summed E-state index contributed by atoms with van der Waals surface area (Å²) in [5.74, 6) is -0.190. The van der Waals surface area contributed by atoms with E-state index in [-0.39, 0.29) is 16.9 Å². The van der Waals surface area contributed by atoms with E-state index in [1.807, 2.05) is 13.8 Å². The molecule has 0 aromatic heterocycles. The lowest BCUT2D eigenvalue weighted by atomic mass is 9.72. The number of hydrogen-bond donors (Lipinski definition) is 0. The quantitative estimate of drug-likeness (QED) is 0.840. The van der Waals surface area contributed by atoms with Crippen molar-refractivity contribution < 1.29 is 26.4 Å². The lowest BCUT2D eigenvalue weighted by Crippen LogP contribution is -2.27. The van der Waals surface area contributed by atoms with Gasteiger partial charge in [-0.05, 0) is 35.6 Å². The summed E-state index contributed by atoms with van der Waals surface area (Å²) in [6, 6.07) is 4.04. The third kappa shape index (κ3) is 2.87. The van der Waals surface area contributed by atoms with Crippen molar-refractivity contribution >= 4 is 16.9 Å². The fourth-order valence-corrected chi connectivity index (χ4v) is 2.58. The molecular formula is C13H13F3O3S. The Labute approximate surface area is 116 Å². The number of hydrogen-bond acceptors (Lipinski definition) is 3. The van der Waals surface area contributed by atoms with E-state index in [4.69, 9.17) is 0 Å². The normalized spacial score (nSPS) is 19.4. The first-order chi connectivity index (χ1) is 9.11. The van der Waals surface area contributed by atoms with Gasteiger partial charge in [0.25, 0.3) is 0 Å². The third-order valence-corrected chi connectivity index (χ3v) is 4.08. The second-order valence-electron chi connectivity index (χ2n) is 5.28. The molecule has 0 spiro atoms. The Bertz CT molecular complexity index is 579. The highest BCUT2D eigenvalue weighted by atomic mass is 32.2. The maximum atomic E-state index is 12.2. The molecule has 20 heavy (non-hydrogen) atoms.